The summed E-state index contributed by atoms with van der Waals surface area (Å²) in [6, 6.07) is 6.54. The lowest BCUT2D eigenvalue weighted by atomic mass is 10.0. The molecule has 0 amide bonds. The van der Waals surface area contributed by atoms with Crippen molar-refractivity contribution in [3.05, 3.63) is 29.3 Å². The number of aromatic hydroxyl groups is 1. The van der Waals surface area contributed by atoms with Gasteiger partial charge in [-0.3, -0.25) is 4.90 Å². The van der Waals surface area contributed by atoms with E-state index in [1.165, 1.54) is 30.6 Å². The van der Waals surface area contributed by atoms with Gasteiger partial charge in [0.25, 0.3) is 0 Å². The molecule has 0 aromatic heterocycles. The molecule has 2 heteroatoms. The molecular weight excluding hydrogens is 210 g/mol. The second kappa shape index (κ2) is 4.02. The molecular formula is C15H21NO. The molecule has 1 aliphatic heterocycles. The van der Waals surface area contributed by atoms with Crippen LogP contribution >= 0.6 is 0 Å². The molecule has 2 aliphatic rings. The Morgan fingerprint density at radius 1 is 1.18 bits per heavy atom. The van der Waals surface area contributed by atoms with Gasteiger partial charge in [-0.1, -0.05) is 26.0 Å². The second-order valence-corrected chi connectivity index (χ2v) is 5.81. The van der Waals surface area contributed by atoms with Gasteiger partial charge in [0, 0.05) is 19.1 Å². The highest BCUT2D eigenvalue weighted by molar-refractivity contribution is 5.44. The maximum Gasteiger partial charge on any atom is 0.119 e. The molecule has 1 aliphatic carbocycles. The lowest BCUT2D eigenvalue weighted by Crippen LogP contribution is -2.25. The van der Waals surface area contributed by atoms with Crippen molar-refractivity contribution in [1.82, 2.24) is 4.90 Å². The van der Waals surface area contributed by atoms with Crippen molar-refractivity contribution in [3.8, 4) is 5.75 Å². The van der Waals surface area contributed by atoms with Crippen molar-refractivity contribution in [1.29, 1.82) is 0 Å². The fourth-order valence-electron chi connectivity index (χ4n) is 3.42. The third-order valence-corrected chi connectivity index (χ3v) is 4.67. The van der Waals surface area contributed by atoms with E-state index >= 15 is 0 Å². The van der Waals surface area contributed by atoms with Gasteiger partial charge in [-0.05, 0) is 41.9 Å². The van der Waals surface area contributed by atoms with Gasteiger partial charge in [-0.25, -0.2) is 0 Å². The van der Waals surface area contributed by atoms with Gasteiger partial charge in [-0.15, -0.1) is 0 Å². The summed E-state index contributed by atoms with van der Waals surface area (Å²) in [5.41, 5.74) is 2.55. The first-order valence-corrected chi connectivity index (χ1v) is 6.71. The van der Waals surface area contributed by atoms with Gasteiger partial charge in [0.05, 0.1) is 0 Å². The number of fused-ring (bicyclic) bond motifs is 1. The molecule has 1 saturated heterocycles. The first-order chi connectivity index (χ1) is 8.16. The van der Waals surface area contributed by atoms with Crippen molar-refractivity contribution >= 4 is 0 Å². The second-order valence-electron chi connectivity index (χ2n) is 5.81. The van der Waals surface area contributed by atoms with E-state index in [4.69, 9.17) is 0 Å². The molecule has 92 valence electrons. The Morgan fingerprint density at radius 3 is 2.59 bits per heavy atom. The first-order valence-electron chi connectivity index (χ1n) is 6.71. The van der Waals surface area contributed by atoms with Gasteiger partial charge >= 0.3 is 0 Å². The third-order valence-electron chi connectivity index (χ3n) is 4.67. The van der Waals surface area contributed by atoms with Gasteiger partial charge < -0.3 is 5.11 Å². The summed E-state index contributed by atoms with van der Waals surface area (Å²) < 4.78 is 0. The fourth-order valence-corrected chi connectivity index (χ4v) is 3.42. The summed E-state index contributed by atoms with van der Waals surface area (Å²) in [6.45, 7) is 7.12. The maximum absolute atomic E-state index is 9.88. The van der Waals surface area contributed by atoms with Crippen LogP contribution in [0, 0.1) is 11.8 Å². The van der Waals surface area contributed by atoms with Crippen LogP contribution in [0.2, 0.25) is 0 Å². The zero-order chi connectivity index (χ0) is 12.0. The Morgan fingerprint density at radius 2 is 1.88 bits per heavy atom. The van der Waals surface area contributed by atoms with E-state index in [-0.39, 0.29) is 0 Å². The predicted molar refractivity (Wildman–Crippen MR) is 69.1 cm³/mol. The normalized spacial score (nSPS) is 32.9. The minimum Gasteiger partial charge on any atom is -0.508 e. The van der Waals surface area contributed by atoms with Crippen molar-refractivity contribution in [2.24, 2.45) is 11.8 Å². The van der Waals surface area contributed by atoms with Gasteiger partial charge in [-0.2, -0.15) is 0 Å². The predicted octanol–water partition coefficient (Wildman–Crippen LogP) is 2.97. The van der Waals surface area contributed by atoms with Gasteiger partial charge in [0.1, 0.15) is 5.75 Å². The molecule has 0 radical (unpaired) electrons. The number of phenols is 1. The van der Waals surface area contributed by atoms with E-state index in [9.17, 15) is 5.11 Å². The Bertz CT molecular complexity index is 419. The molecule has 1 N–H and O–H groups in total. The van der Waals surface area contributed by atoms with Crippen LogP contribution < -0.4 is 0 Å². The van der Waals surface area contributed by atoms with Crippen LogP contribution in [0.1, 0.15) is 37.4 Å². The maximum atomic E-state index is 9.88. The number of rotatable bonds is 1. The van der Waals surface area contributed by atoms with Crippen LogP contribution in [0.3, 0.4) is 0 Å². The molecule has 1 aromatic carbocycles. The monoisotopic (exact) mass is 231 g/mol. The topological polar surface area (TPSA) is 23.5 Å². The molecule has 0 bridgehead atoms. The Labute approximate surface area is 103 Å². The van der Waals surface area contributed by atoms with Crippen LogP contribution in [0.5, 0.6) is 5.75 Å². The minimum atomic E-state index is 0.491. The molecule has 3 rings (SSSR count). The van der Waals surface area contributed by atoms with E-state index in [0.29, 0.717) is 11.8 Å². The Balaban J connectivity index is 1.87. The van der Waals surface area contributed by atoms with Crippen molar-refractivity contribution in [3.63, 3.8) is 0 Å². The van der Waals surface area contributed by atoms with Gasteiger partial charge in [0.15, 0.2) is 0 Å². The van der Waals surface area contributed by atoms with Crippen molar-refractivity contribution in [2.45, 2.75) is 32.7 Å². The van der Waals surface area contributed by atoms with Crippen LogP contribution in [-0.4, -0.2) is 23.1 Å². The number of likely N-dealkylation sites (tertiary alicyclic amines) is 1. The van der Waals surface area contributed by atoms with E-state index in [2.05, 4.69) is 24.8 Å². The van der Waals surface area contributed by atoms with E-state index < -0.39 is 0 Å². The molecule has 1 fully saturated rings. The average molecular weight is 231 g/mol. The highest BCUT2D eigenvalue weighted by Crippen LogP contribution is 2.42. The summed E-state index contributed by atoms with van der Waals surface area (Å²) >= 11 is 0. The smallest absolute Gasteiger partial charge is 0.119 e. The van der Waals surface area contributed by atoms with Crippen LogP contribution in [-0.2, 0) is 6.42 Å². The van der Waals surface area contributed by atoms with Crippen LogP contribution in [0.4, 0.5) is 0 Å². The standard InChI is InChI=1S/C15H21NO/c1-10-8-16(9-11(10)2)14-7-6-13-12(14)4-3-5-15(13)17/h3-5,10-11,14,17H,6-9H2,1-2H3. The lowest BCUT2D eigenvalue weighted by molar-refractivity contribution is 0.234. The molecule has 1 heterocycles. The zero-order valence-electron chi connectivity index (χ0n) is 10.7. The summed E-state index contributed by atoms with van der Waals surface area (Å²) in [6.07, 6.45) is 2.21. The van der Waals surface area contributed by atoms with Crippen LogP contribution in [0.15, 0.2) is 18.2 Å². The molecule has 0 spiro atoms. The molecule has 0 saturated carbocycles. The highest BCUT2D eigenvalue weighted by atomic mass is 16.3. The SMILES string of the molecule is CC1CN(C2CCc3c(O)cccc32)CC1C. The van der Waals surface area contributed by atoms with Crippen molar-refractivity contribution < 1.29 is 5.11 Å². The molecule has 3 atom stereocenters. The van der Waals surface area contributed by atoms with Crippen molar-refractivity contribution in [2.75, 3.05) is 13.1 Å². The van der Waals surface area contributed by atoms with E-state index in [1.807, 2.05) is 12.1 Å². The molecule has 17 heavy (non-hydrogen) atoms. The summed E-state index contributed by atoms with van der Waals surface area (Å²) in [5, 5.41) is 9.88. The van der Waals surface area contributed by atoms with Crippen LogP contribution in [0.25, 0.3) is 0 Å². The number of hydrogen-bond acceptors (Lipinski definition) is 2. The number of nitrogens with zero attached hydrogens (tertiary/aromatic N) is 1. The summed E-state index contributed by atoms with van der Waals surface area (Å²) in [4.78, 5) is 2.61. The molecule has 1 aromatic rings. The number of hydrogen-bond donors (Lipinski definition) is 1. The van der Waals surface area contributed by atoms with E-state index in [1.54, 1.807) is 0 Å². The Kier molecular flexibility index (Phi) is 2.62. The molecule has 2 nitrogen and oxygen atoms in total. The lowest BCUT2D eigenvalue weighted by Gasteiger charge is -2.24. The third kappa shape index (κ3) is 1.75. The Hall–Kier alpha value is -1.02. The van der Waals surface area contributed by atoms with E-state index in [0.717, 1.165) is 18.3 Å². The fraction of sp³-hybridized carbons (Fsp3) is 0.600. The quantitative estimate of drug-likeness (QED) is 0.803. The largest absolute Gasteiger partial charge is 0.508 e. The molecule has 3 unspecified atom stereocenters. The zero-order valence-corrected chi connectivity index (χ0v) is 10.7. The minimum absolute atomic E-state index is 0.491. The summed E-state index contributed by atoms with van der Waals surface area (Å²) in [5.74, 6) is 2.10. The van der Waals surface area contributed by atoms with Gasteiger partial charge in [0.2, 0.25) is 0 Å². The average Bonchev–Trinajstić information content (AvgIpc) is 2.85. The number of phenolic OH excluding ortho intramolecular Hbond substituents is 1. The highest BCUT2D eigenvalue weighted by Gasteiger charge is 2.35. The first kappa shape index (κ1) is 11.1. The summed E-state index contributed by atoms with van der Waals surface area (Å²) in [7, 11) is 0. The number of benzene rings is 1.